The lowest BCUT2D eigenvalue weighted by molar-refractivity contribution is 0.667. The highest BCUT2D eigenvalue weighted by Crippen LogP contribution is 2.51. The molecule has 3 heteroatoms. The summed E-state index contributed by atoms with van der Waals surface area (Å²) in [5, 5.41) is 10.2. The summed E-state index contributed by atoms with van der Waals surface area (Å²) in [5.41, 5.74) is 10.3. The summed E-state index contributed by atoms with van der Waals surface area (Å²) in [6.07, 6.45) is 0.943. The lowest BCUT2D eigenvalue weighted by Gasteiger charge is -2.32. The third kappa shape index (κ3) is 3.68. The Morgan fingerprint density at radius 1 is 0.479 bits per heavy atom. The Bertz CT molecular complexity index is 2930. The average Bonchev–Trinajstić information content (AvgIpc) is 3.71. The molecule has 0 saturated heterocycles. The Hall–Kier alpha value is -5.90. The summed E-state index contributed by atoms with van der Waals surface area (Å²) in [7, 11) is 0. The molecule has 2 bridgehead atoms. The van der Waals surface area contributed by atoms with Crippen LogP contribution >= 0.6 is 11.3 Å². The van der Waals surface area contributed by atoms with Gasteiger partial charge in [-0.1, -0.05) is 109 Å². The van der Waals surface area contributed by atoms with Crippen LogP contribution in [0.3, 0.4) is 0 Å². The molecule has 2 aliphatic rings. The topological polar surface area (TPSA) is 16.4 Å². The van der Waals surface area contributed by atoms with Crippen LogP contribution in [-0.2, 0) is 6.42 Å². The molecular formula is C45H27NOS. The van der Waals surface area contributed by atoms with Crippen molar-refractivity contribution >= 4 is 92.1 Å². The molecule has 0 N–H and O–H groups in total. The fourth-order valence-corrected chi connectivity index (χ4v) is 9.08. The molecule has 48 heavy (non-hydrogen) atoms. The lowest BCUT2D eigenvalue weighted by atomic mass is 9.86. The van der Waals surface area contributed by atoms with E-state index in [4.69, 9.17) is 4.42 Å². The summed E-state index contributed by atoms with van der Waals surface area (Å²) in [6, 6.07) is 55.3. The minimum absolute atomic E-state index is 0.934. The van der Waals surface area contributed by atoms with Gasteiger partial charge in [0.1, 0.15) is 5.58 Å². The van der Waals surface area contributed by atoms with Gasteiger partial charge < -0.3 is 9.32 Å². The monoisotopic (exact) mass is 629 g/mol. The summed E-state index contributed by atoms with van der Waals surface area (Å²) >= 11 is 1.88. The summed E-state index contributed by atoms with van der Waals surface area (Å²) in [4.78, 5) is 2.44. The van der Waals surface area contributed by atoms with Crippen molar-refractivity contribution in [3.63, 3.8) is 0 Å². The molecule has 0 amide bonds. The molecule has 8 aromatic carbocycles. The maximum Gasteiger partial charge on any atom is 0.159 e. The van der Waals surface area contributed by atoms with E-state index in [1.54, 1.807) is 0 Å². The lowest BCUT2D eigenvalue weighted by Crippen LogP contribution is -2.16. The highest BCUT2D eigenvalue weighted by Gasteiger charge is 2.30. The smallest absolute Gasteiger partial charge is 0.159 e. The number of anilines is 3. The van der Waals surface area contributed by atoms with Gasteiger partial charge in [0.2, 0.25) is 0 Å². The van der Waals surface area contributed by atoms with Gasteiger partial charge in [-0.25, -0.2) is 0 Å². The van der Waals surface area contributed by atoms with Crippen molar-refractivity contribution < 1.29 is 4.42 Å². The first-order valence-corrected chi connectivity index (χ1v) is 17.3. The van der Waals surface area contributed by atoms with Crippen LogP contribution in [0.4, 0.5) is 17.1 Å². The van der Waals surface area contributed by atoms with Crippen LogP contribution < -0.4 is 4.90 Å². The van der Waals surface area contributed by atoms with Gasteiger partial charge in [0, 0.05) is 48.7 Å². The standard InChI is InChI=1S/C45H27NOS/c1-2-9-27(10-3-1)30-11-8-12-33(25-30)46(44-32-23-31(24-32)42-35-13-4-6-15-38(35)47-45(42)44)34-21-19-28-17-18-29-20-22-40-43(41(29)37(28)26-34)36-14-5-7-16-39(36)48-40/h1-23,25-26H,24H2. The van der Waals surface area contributed by atoms with Gasteiger partial charge in [-0.05, 0) is 86.3 Å². The summed E-state index contributed by atoms with van der Waals surface area (Å²) in [5.74, 6) is 0. The normalized spacial score (nSPS) is 12.5. The van der Waals surface area contributed by atoms with Crippen LogP contribution in [-0.4, -0.2) is 0 Å². The quantitative estimate of drug-likeness (QED) is 0.180. The molecule has 2 aliphatic carbocycles. The molecular weight excluding hydrogens is 603 g/mol. The Morgan fingerprint density at radius 2 is 1.21 bits per heavy atom. The molecule has 224 valence electrons. The van der Waals surface area contributed by atoms with Crippen molar-refractivity contribution in [2.75, 3.05) is 4.90 Å². The van der Waals surface area contributed by atoms with Crippen molar-refractivity contribution in [3.05, 3.63) is 163 Å². The number of hydrogen-bond acceptors (Lipinski definition) is 3. The van der Waals surface area contributed by atoms with Gasteiger partial charge in [-0.3, -0.25) is 0 Å². The molecule has 12 rings (SSSR count). The first-order chi connectivity index (χ1) is 23.8. The molecule has 10 aromatic rings. The number of fused-ring (bicyclic) bond motifs is 8. The fraction of sp³-hybridized carbons (Fsp3) is 0.0222. The van der Waals surface area contributed by atoms with Crippen LogP contribution in [0.2, 0.25) is 0 Å². The van der Waals surface area contributed by atoms with Crippen molar-refractivity contribution in [1.29, 1.82) is 0 Å². The Kier molecular flexibility index (Phi) is 5.35. The predicted octanol–water partition coefficient (Wildman–Crippen LogP) is 13.3. The average molecular weight is 630 g/mol. The van der Waals surface area contributed by atoms with E-state index in [0.717, 1.165) is 34.6 Å². The second kappa shape index (κ2) is 9.80. The fourth-order valence-electron chi connectivity index (χ4n) is 7.97. The number of benzene rings is 8. The molecule has 0 spiro atoms. The highest BCUT2D eigenvalue weighted by atomic mass is 32.1. The Morgan fingerprint density at radius 3 is 2.12 bits per heavy atom. The van der Waals surface area contributed by atoms with Gasteiger partial charge in [0.25, 0.3) is 0 Å². The number of furan rings is 1. The zero-order chi connectivity index (χ0) is 31.3. The number of para-hydroxylation sites is 1. The summed E-state index contributed by atoms with van der Waals surface area (Å²) < 4.78 is 9.41. The van der Waals surface area contributed by atoms with Gasteiger partial charge in [0.05, 0.1) is 5.69 Å². The molecule has 0 radical (unpaired) electrons. The minimum Gasteiger partial charge on any atom is -0.454 e. The van der Waals surface area contributed by atoms with Crippen molar-refractivity contribution in [3.8, 4) is 11.1 Å². The van der Waals surface area contributed by atoms with Crippen LogP contribution in [0, 0.1) is 0 Å². The maximum atomic E-state index is 6.76. The van der Waals surface area contributed by atoms with Crippen LogP contribution in [0.15, 0.2) is 156 Å². The third-order valence-corrected chi connectivity index (χ3v) is 11.3. The van der Waals surface area contributed by atoms with E-state index in [9.17, 15) is 0 Å². The van der Waals surface area contributed by atoms with E-state index in [-0.39, 0.29) is 0 Å². The molecule has 0 saturated carbocycles. The largest absolute Gasteiger partial charge is 0.454 e. The first kappa shape index (κ1) is 26.2. The van der Waals surface area contributed by atoms with Gasteiger partial charge in [-0.2, -0.15) is 0 Å². The Labute approximate surface area is 280 Å². The molecule has 2 aromatic heterocycles. The van der Waals surface area contributed by atoms with E-state index in [1.165, 1.54) is 74.7 Å². The number of hydrogen-bond donors (Lipinski definition) is 0. The van der Waals surface area contributed by atoms with Gasteiger partial charge in [0.15, 0.2) is 5.58 Å². The summed E-state index contributed by atoms with van der Waals surface area (Å²) in [6.45, 7) is 0. The maximum absolute atomic E-state index is 6.76. The second-order valence-electron chi connectivity index (χ2n) is 12.9. The van der Waals surface area contributed by atoms with E-state index in [1.807, 2.05) is 11.3 Å². The van der Waals surface area contributed by atoms with Crippen molar-refractivity contribution in [1.82, 2.24) is 0 Å². The molecule has 2 heterocycles. The molecule has 0 aliphatic heterocycles. The molecule has 0 unspecified atom stereocenters. The van der Waals surface area contributed by atoms with Crippen LogP contribution in [0.1, 0.15) is 11.1 Å². The molecule has 0 atom stereocenters. The highest BCUT2D eigenvalue weighted by molar-refractivity contribution is 7.26. The van der Waals surface area contributed by atoms with E-state index < -0.39 is 0 Å². The third-order valence-electron chi connectivity index (χ3n) is 10.2. The van der Waals surface area contributed by atoms with Gasteiger partial charge >= 0.3 is 0 Å². The second-order valence-corrected chi connectivity index (χ2v) is 14.0. The number of thiophene rings is 1. The van der Waals surface area contributed by atoms with Crippen LogP contribution in [0.25, 0.3) is 74.8 Å². The molecule has 0 fully saturated rings. The first-order valence-electron chi connectivity index (χ1n) is 16.5. The molecule has 2 nitrogen and oxygen atoms in total. The van der Waals surface area contributed by atoms with Crippen LogP contribution in [0.5, 0.6) is 0 Å². The van der Waals surface area contributed by atoms with Crippen molar-refractivity contribution in [2.45, 2.75) is 6.42 Å². The van der Waals surface area contributed by atoms with Gasteiger partial charge in [-0.15, -0.1) is 11.3 Å². The SMILES string of the molecule is c1ccc(-c2cccc(N(c3ccc4ccc5ccc6sc7ccccc7c6c5c4c3)c3c4cc(c5c3oc3ccccc35)C4)c2)cc1. The van der Waals surface area contributed by atoms with Crippen molar-refractivity contribution in [2.24, 2.45) is 0 Å². The predicted molar refractivity (Wildman–Crippen MR) is 205 cm³/mol. The van der Waals surface area contributed by atoms with E-state index >= 15 is 0 Å². The van der Waals surface area contributed by atoms with E-state index in [0.29, 0.717) is 0 Å². The zero-order valence-corrected chi connectivity index (χ0v) is 26.7. The minimum atomic E-state index is 0.934. The Balaban J connectivity index is 1.24. The zero-order valence-electron chi connectivity index (χ0n) is 25.9. The number of rotatable bonds is 4. The number of nitrogens with zero attached hydrogens (tertiary/aromatic N) is 1. The van der Waals surface area contributed by atoms with E-state index in [2.05, 4.69) is 157 Å².